The Labute approximate surface area is 65.6 Å². The zero-order chi connectivity index (χ0) is 6.69. The maximum absolute atomic E-state index is 12.4. The molecule has 4 heteroatoms. The molecule has 1 saturated heterocycles. The van der Waals surface area contributed by atoms with Gasteiger partial charge < -0.3 is 5.32 Å². The summed E-state index contributed by atoms with van der Waals surface area (Å²) < 4.78 is 12.4. The summed E-state index contributed by atoms with van der Waals surface area (Å²) in [7, 11) is 0. The summed E-state index contributed by atoms with van der Waals surface area (Å²) in [6.07, 6.45) is -0.514. The summed E-state index contributed by atoms with van der Waals surface area (Å²) in [6, 6.07) is 0. The van der Waals surface area contributed by atoms with E-state index in [1.165, 1.54) is 0 Å². The van der Waals surface area contributed by atoms with Crippen molar-refractivity contribution in [3.05, 3.63) is 0 Å². The molecule has 0 aromatic heterocycles. The lowest BCUT2D eigenvalue weighted by Gasteiger charge is -1.97. The molecule has 0 amide bonds. The molecule has 0 aromatic rings. The molecule has 1 aliphatic rings. The van der Waals surface area contributed by atoms with Gasteiger partial charge >= 0.3 is 0 Å². The molecule has 1 atom stereocenters. The maximum Gasteiger partial charge on any atom is 0.168 e. The van der Waals surface area contributed by atoms with E-state index in [9.17, 15) is 9.18 Å². The first-order valence-electron chi connectivity index (χ1n) is 3.18. The zero-order valence-corrected chi connectivity index (χ0v) is 6.42. The molecule has 0 saturated carbocycles. The molecule has 0 aromatic carbocycles. The van der Waals surface area contributed by atoms with Crippen LogP contribution in [0.4, 0.5) is 4.39 Å². The van der Waals surface area contributed by atoms with Crippen LogP contribution >= 0.6 is 12.4 Å². The van der Waals surface area contributed by atoms with Crippen LogP contribution in [0.15, 0.2) is 0 Å². The number of carbonyl (C=O) groups excluding carboxylic acids is 1. The van der Waals surface area contributed by atoms with Crippen LogP contribution < -0.4 is 5.32 Å². The molecule has 0 spiro atoms. The Balaban J connectivity index is 0.000000810. The standard InChI is InChI=1S/C6H10FNO.ClH/c7-5-1-3-8-4-2-6(5)9;/h5,8H,1-4H2;1H. The van der Waals surface area contributed by atoms with Crippen molar-refractivity contribution in [2.24, 2.45) is 0 Å². The number of nitrogens with one attached hydrogen (secondary N) is 1. The highest BCUT2D eigenvalue weighted by Crippen LogP contribution is 2.03. The number of halogens is 2. The van der Waals surface area contributed by atoms with E-state index in [0.717, 1.165) is 0 Å². The van der Waals surface area contributed by atoms with E-state index in [2.05, 4.69) is 5.32 Å². The minimum absolute atomic E-state index is 0. The Kier molecular flexibility index (Phi) is 4.56. The van der Waals surface area contributed by atoms with Crippen LogP contribution in [0, 0.1) is 0 Å². The van der Waals surface area contributed by atoms with E-state index in [-0.39, 0.29) is 18.2 Å². The molecule has 10 heavy (non-hydrogen) atoms. The highest BCUT2D eigenvalue weighted by atomic mass is 35.5. The predicted molar refractivity (Wildman–Crippen MR) is 39.3 cm³/mol. The number of carbonyl (C=O) groups is 1. The lowest BCUT2D eigenvalue weighted by molar-refractivity contribution is -0.123. The van der Waals surface area contributed by atoms with Gasteiger partial charge in [0.05, 0.1) is 0 Å². The second kappa shape index (κ2) is 4.63. The first-order valence-corrected chi connectivity index (χ1v) is 3.18. The highest BCUT2D eigenvalue weighted by Gasteiger charge is 2.18. The van der Waals surface area contributed by atoms with Crippen molar-refractivity contribution < 1.29 is 9.18 Å². The lowest BCUT2D eigenvalue weighted by atomic mass is 10.2. The summed E-state index contributed by atoms with van der Waals surface area (Å²) in [5.41, 5.74) is 0. The topological polar surface area (TPSA) is 29.1 Å². The molecule has 2 nitrogen and oxygen atoms in total. The van der Waals surface area contributed by atoms with Gasteiger partial charge in [0.25, 0.3) is 0 Å². The zero-order valence-electron chi connectivity index (χ0n) is 5.60. The first-order chi connectivity index (χ1) is 4.30. The van der Waals surface area contributed by atoms with Gasteiger partial charge in [0.15, 0.2) is 12.0 Å². The average molecular weight is 168 g/mol. The molecule has 1 N–H and O–H groups in total. The van der Waals surface area contributed by atoms with Gasteiger partial charge in [-0.25, -0.2) is 4.39 Å². The second-order valence-electron chi connectivity index (χ2n) is 2.22. The Morgan fingerprint density at radius 1 is 1.50 bits per heavy atom. The fourth-order valence-corrected chi connectivity index (χ4v) is 0.883. The highest BCUT2D eigenvalue weighted by molar-refractivity contribution is 5.85. The van der Waals surface area contributed by atoms with Crippen LogP contribution in [0.5, 0.6) is 0 Å². The van der Waals surface area contributed by atoms with Crippen LogP contribution in [0.3, 0.4) is 0 Å². The van der Waals surface area contributed by atoms with E-state index in [0.29, 0.717) is 25.9 Å². The Morgan fingerprint density at radius 2 is 2.20 bits per heavy atom. The maximum atomic E-state index is 12.4. The van der Waals surface area contributed by atoms with E-state index in [1.807, 2.05) is 0 Å². The number of hydrogen-bond acceptors (Lipinski definition) is 2. The van der Waals surface area contributed by atoms with E-state index >= 15 is 0 Å². The molecule has 60 valence electrons. The van der Waals surface area contributed by atoms with Crippen molar-refractivity contribution in [3.8, 4) is 0 Å². The summed E-state index contributed by atoms with van der Waals surface area (Å²) in [4.78, 5) is 10.6. The predicted octanol–water partition coefficient (Wildman–Crippen LogP) is 0.699. The fourth-order valence-electron chi connectivity index (χ4n) is 0.883. The molecule has 0 bridgehead atoms. The molecule has 1 rings (SSSR count). The van der Waals surface area contributed by atoms with Crippen LogP contribution in [-0.2, 0) is 4.79 Å². The summed E-state index contributed by atoms with van der Waals surface area (Å²) >= 11 is 0. The molecule has 1 aliphatic heterocycles. The number of Topliss-reactive ketones (excluding diaryl/α,β-unsaturated/α-hetero) is 1. The van der Waals surface area contributed by atoms with E-state index in [4.69, 9.17) is 0 Å². The molecule has 0 radical (unpaired) electrons. The van der Waals surface area contributed by atoms with Gasteiger partial charge in [-0.15, -0.1) is 12.4 Å². The fraction of sp³-hybridized carbons (Fsp3) is 0.833. The third kappa shape index (κ3) is 2.62. The number of rotatable bonds is 0. The third-order valence-electron chi connectivity index (χ3n) is 1.47. The molecular weight excluding hydrogens is 157 g/mol. The van der Waals surface area contributed by atoms with Crippen molar-refractivity contribution in [2.45, 2.75) is 19.0 Å². The SMILES string of the molecule is Cl.O=C1CCNCCC1F. The average Bonchev–Trinajstić information content (AvgIpc) is 1.99. The molecular formula is C6H11ClFNO. The monoisotopic (exact) mass is 167 g/mol. The molecule has 1 heterocycles. The molecule has 1 fully saturated rings. The van der Waals surface area contributed by atoms with Gasteiger partial charge in [-0.1, -0.05) is 0 Å². The van der Waals surface area contributed by atoms with Gasteiger partial charge in [0.2, 0.25) is 0 Å². The summed E-state index contributed by atoms with van der Waals surface area (Å²) in [5, 5.41) is 2.95. The van der Waals surface area contributed by atoms with Gasteiger partial charge in [-0.05, 0) is 13.0 Å². The first kappa shape index (κ1) is 9.85. The van der Waals surface area contributed by atoms with Crippen molar-refractivity contribution >= 4 is 18.2 Å². The number of ketones is 1. The minimum Gasteiger partial charge on any atom is -0.316 e. The van der Waals surface area contributed by atoms with Gasteiger partial charge in [-0.3, -0.25) is 4.79 Å². The van der Waals surface area contributed by atoms with Gasteiger partial charge in [-0.2, -0.15) is 0 Å². The second-order valence-corrected chi connectivity index (χ2v) is 2.22. The van der Waals surface area contributed by atoms with E-state index in [1.54, 1.807) is 0 Å². The molecule has 0 aliphatic carbocycles. The summed E-state index contributed by atoms with van der Waals surface area (Å²) in [5.74, 6) is -0.250. The van der Waals surface area contributed by atoms with Crippen LogP contribution in [0.25, 0.3) is 0 Å². The van der Waals surface area contributed by atoms with Crippen LogP contribution in [0.1, 0.15) is 12.8 Å². The van der Waals surface area contributed by atoms with Gasteiger partial charge in [0, 0.05) is 13.0 Å². The van der Waals surface area contributed by atoms with Crippen LogP contribution in [-0.4, -0.2) is 25.0 Å². The lowest BCUT2D eigenvalue weighted by Crippen LogP contribution is -2.14. The smallest absolute Gasteiger partial charge is 0.168 e. The van der Waals surface area contributed by atoms with Crippen molar-refractivity contribution in [2.75, 3.05) is 13.1 Å². The van der Waals surface area contributed by atoms with Crippen molar-refractivity contribution in [1.82, 2.24) is 5.32 Å². The number of alkyl halides is 1. The Morgan fingerprint density at radius 3 is 2.90 bits per heavy atom. The normalized spacial score (nSPS) is 26.9. The quantitative estimate of drug-likeness (QED) is 0.576. The molecule has 1 unspecified atom stereocenters. The number of hydrogen-bond donors (Lipinski definition) is 1. The largest absolute Gasteiger partial charge is 0.316 e. The van der Waals surface area contributed by atoms with Crippen LogP contribution in [0.2, 0.25) is 0 Å². The van der Waals surface area contributed by atoms with Crippen molar-refractivity contribution in [3.63, 3.8) is 0 Å². The minimum atomic E-state index is -1.21. The van der Waals surface area contributed by atoms with E-state index < -0.39 is 6.17 Å². The van der Waals surface area contributed by atoms with Gasteiger partial charge in [0.1, 0.15) is 0 Å². The Bertz CT molecular complexity index is 120. The van der Waals surface area contributed by atoms with Crippen molar-refractivity contribution in [1.29, 1.82) is 0 Å². The third-order valence-corrected chi connectivity index (χ3v) is 1.47. The Hall–Kier alpha value is -0.150. The summed E-state index contributed by atoms with van der Waals surface area (Å²) in [6.45, 7) is 1.27.